The van der Waals surface area contributed by atoms with Gasteiger partial charge in [0.1, 0.15) is 11.6 Å². The molecule has 1 aromatic heterocycles. The zero-order chi connectivity index (χ0) is 23.1. The lowest BCUT2D eigenvalue weighted by molar-refractivity contribution is 0.194. The van der Waals surface area contributed by atoms with Crippen LogP contribution < -0.4 is 5.32 Å². The number of benzene rings is 3. The van der Waals surface area contributed by atoms with Crippen molar-refractivity contribution in [2.24, 2.45) is 0 Å². The number of urea groups is 1. The first-order valence-electron chi connectivity index (χ1n) is 10.5. The van der Waals surface area contributed by atoms with Gasteiger partial charge in [0.05, 0.1) is 18.3 Å². The van der Waals surface area contributed by atoms with Crippen LogP contribution in [0.25, 0.3) is 5.69 Å². The highest BCUT2D eigenvalue weighted by Crippen LogP contribution is 2.37. The molecule has 1 N–H and O–H groups in total. The second-order valence-electron chi connectivity index (χ2n) is 8.01. The van der Waals surface area contributed by atoms with E-state index in [1.165, 1.54) is 12.1 Å². The van der Waals surface area contributed by atoms with Crippen molar-refractivity contribution < 1.29 is 13.6 Å². The molecule has 1 aliphatic heterocycles. The summed E-state index contributed by atoms with van der Waals surface area (Å²) in [4.78, 5) is 15.2. The SMILES string of the molecule is Cc1c(Cl)cccc1NC(=O)N1Cc2ccccc2-n2cccc2C1c1cc(F)cc(F)c1. The number of halogens is 3. The number of carbonyl (C=O) groups excluding carboxylic acids is 1. The lowest BCUT2D eigenvalue weighted by Crippen LogP contribution is -2.38. The van der Waals surface area contributed by atoms with E-state index in [9.17, 15) is 13.6 Å². The fourth-order valence-corrected chi connectivity index (χ4v) is 4.53. The van der Waals surface area contributed by atoms with Crippen molar-refractivity contribution in [1.82, 2.24) is 9.47 Å². The van der Waals surface area contributed by atoms with Gasteiger partial charge in [0.2, 0.25) is 0 Å². The van der Waals surface area contributed by atoms with Crippen LogP contribution in [0.3, 0.4) is 0 Å². The molecule has 7 heteroatoms. The van der Waals surface area contributed by atoms with E-state index in [1.807, 2.05) is 54.1 Å². The van der Waals surface area contributed by atoms with E-state index in [0.717, 1.165) is 28.6 Å². The van der Waals surface area contributed by atoms with Crippen molar-refractivity contribution in [3.63, 3.8) is 0 Å². The van der Waals surface area contributed by atoms with Crippen LogP contribution in [0, 0.1) is 18.6 Å². The Morgan fingerprint density at radius 2 is 1.76 bits per heavy atom. The van der Waals surface area contributed by atoms with Crippen molar-refractivity contribution in [2.45, 2.75) is 19.5 Å². The largest absolute Gasteiger partial charge is 0.322 e. The van der Waals surface area contributed by atoms with Gasteiger partial charge in [0.25, 0.3) is 0 Å². The number of fused-ring (bicyclic) bond motifs is 3. The maximum Gasteiger partial charge on any atom is 0.322 e. The number of aromatic nitrogens is 1. The molecule has 1 aliphatic rings. The molecule has 166 valence electrons. The molecule has 0 aliphatic carbocycles. The van der Waals surface area contributed by atoms with E-state index >= 15 is 0 Å². The van der Waals surface area contributed by atoms with E-state index in [-0.39, 0.29) is 6.54 Å². The van der Waals surface area contributed by atoms with Gasteiger partial charge in [0, 0.05) is 28.7 Å². The molecule has 1 atom stereocenters. The average Bonchev–Trinajstić information content (AvgIpc) is 3.20. The highest BCUT2D eigenvalue weighted by molar-refractivity contribution is 6.31. The fraction of sp³-hybridized carbons (Fsp3) is 0.115. The smallest absolute Gasteiger partial charge is 0.318 e. The van der Waals surface area contributed by atoms with Crippen molar-refractivity contribution in [1.29, 1.82) is 0 Å². The number of amides is 2. The van der Waals surface area contributed by atoms with Gasteiger partial charge in [-0.3, -0.25) is 0 Å². The Balaban J connectivity index is 1.66. The second-order valence-corrected chi connectivity index (χ2v) is 8.41. The number of para-hydroxylation sites is 1. The first kappa shape index (κ1) is 21.2. The lowest BCUT2D eigenvalue weighted by atomic mass is 10.0. The molecule has 0 fully saturated rings. The number of hydrogen-bond donors (Lipinski definition) is 1. The number of hydrogen-bond acceptors (Lipinski definition) is 1. The summed E-state index contributed by atoms with van der Waals surface area (Å²) in [5.41, 5.74) is 4.20. The summed E-state index contributed by atoms with van der Waals surface area (Å²) in [7, 11) is 0. The van der Waals surface area contributed by atoms with Crippen molar-refractivity contribution >= 4 is 23.3 Å². The molecule has 4 aromatic rings. The number of nitrogens with one attached hydrogen (secondary N) is 1. The van der Waals surface area contributed by atoms with Crippen LogP contribution in [0.5, 0.6) is 0 Å². The molecule has 0 spiro atoms. The van der Waals surface area contributed by atoms with Crippen LogP contribution in [0.1, 0.15) is 28.4 Å². The Kier molecular flexibility index (Phi) is 5.38. The number of anilines is 1. The Bertz CT molecular complexity index is 1350. The van der Waals surface area contributed by atoms with Gasteiger partial charge in [-0.1, -0.05) is 35.9 Å². The van der Waals surface area contributed by atoms with Gasteiger partial charge in [-0.2, -0.15) is 0 Å². The number of rotatable bonds is 2. The molecule has 1 unspecified atom stereocenters. The second kappa shape index (κ2) is 8.37. The van der Waals surface area contributed by atoms with Crippen LogP contribution >= 0.6 is 11.6 Å². The molecular weight excluding hydrogens is 444 g/mol. The van der Waals surface area contributed by atoms with Gasteiger partial charge < -0.3 is 14.8 Å². The lowest BCUT2D eigenvalue weighted by Gasteiger charge is -2.31. The quantitative estimate of drug-likeness (QED) is 0.346. The van der Waals surface area contributed by atoms with Crippen molar-refractivity contribution in [2.75, 3.05) is 5.32 Å². The summed E-state index contributed by atoms with van der Waals surface area (Å²) in [5, 5.41) is 3.47. The Labute approximate surface area is 195 Å². The highest BCUT2D eigenvalue weighted by Gasteiger charge is 2.33. The van der Waals surface area contributed by atoms with Gasteiger partial charge in [0.15, 0.2) is 0 Å². The summed E-state index contributed by atoms with van der Waals surface area (Å²) >= 11 is 6.24. The third-order valence-electron chi connectivity index (χ3n) is 5.93. The minimum absolute atomic E-state index is 0.242. The predicted octanol–water partition coefficient (Wildman–Crippen LogP) is 6.85. The summed E-state index contributed by atoms with van der Waals surface area (Å²) in [6.07, 6.45) is 1.89. The van der Waals surface area contributed by atoms with Gasteiger partial charge >= 0.3 is 6.03 Å². The molecule has 2 heterocycles. The van der Waals surface area contributed by atoms with E-state index in [4.69, 9.17) is 11.6 Å². The van der Waals surface area contributed by atoms with E-state index < -0.39 is 23.7 Å². The molecule has 2 amide bonds. The van der Waals surface area contributed by atoms with Crippen LogP contribution in [0.4, 0.5) is 19.3 Å². The molecule has 0 saturated carbocycles. The molecule has 0 radical (unpaired) electrons. The molecule has 33 heavy (non-hydrogen) atoms. The average molecular weight is 464 g/mol. The monoisotopic (exact) mass is 463 g/mol. The summed E-state index contributed by atoms with van der Waals surface area (Å²) < 4.78 is 30.4. The van der Waals surface area contributed by atoms with Gasteiger partial charge in [-0.25, -0.2) is 13.6 Å². The normalized spacial score (nSPS) is 14.9. The zero-order valence-corrected chi connectivity index (χ0v) is 18.5. The fourth-order valence-electron chi connectivity index (χ4n) is 4.35. The molecular formula is C26H20ClF2N3O. The third kappa shape index (κ3) is 3.87. The van der Waals surface area contributed by atoms with E-state index in [2.05, 4.69) is 5.32 Å². The highest BCUT2D eigenvalue weighted by atomic mass is 35.5. The molecule has 0 bridgehead atoms. The summed E-state index contributed by atoms with van der Waals surface area (Å²) in [6, 6.07) is 19.0. The Morgan fingerprint density at radius 3 is 2.55 bits per heavy atom. The Hall–Kier alpha value is -3.64. The van der Waals surface area contributed by atoms with Crippen LogP contribution in [0.15, 0.2) is 79.0 Å². The third-order valence-corrected chi connectivity index (χ3v) is 6.34. The van der Waals surface area contributed by atoms with E-state index in [0.29, 0.717) is 16.3 Å². The first-order valence-corrected chi connectivity index (χ1v) is 10.8. The van der Waals surface area contributed by atoms with Crippen molar-refractivity contribution in [3.05, 3.63) is 118 Å². The van der Waals surface area contributed by atoms with E-state index in [1.54, 1.807) is 23.1 Å². The van der Waals surface area contributed by atoms with Crippen molar-refractivity contribution in [3.8, 4) is 5.69 Å². The molecule has 5 rings (SSSR count). The molecule has 4 nitrogen and oxygen atoms in total. The minimum atomic E-state index is -0.725. The maximum absolute atomic E-state index is 14.2. The minimum Gasteiger partial charge on any atom is -0.318 e. The van der Waals surface area contributed by atoms with Crippen LogP contribution in [-0.4, -0.2) is 15.5 Å². The van der Waals surface area contributed by atoms with Gasteiger partial charge in [-0.05, 0) is 66.1 Å². The summed E-state index contributed by atoms with van der Waals surface area (Å²) in [6.45, 7) is 2.06. The van der Waals surface area contributed by atoms with Gasteiger partial charge in [-0.15, -0.1) is 0 Å². The standard InChI is InChI=1S/C26H20ClF2N3O/c1-16-21(27)7-4-8-22(16)30-26(33)32-15-17-6-2-3-9-23(17)31-11-5-10-24(31)25(32)18-12-19(28)14-20(29)13-18/h2-14,25H,15H2,1H3,(H,30,33). The van der Waals surface area contributed by atoms with Crippen LogP contribution in [-0.2, 0) is 6.54 Å². The number of nitrogens with zero attached hydrogens (tertiary/aromatic N) is 2. The zero-order valence-electron chi connectivity index (χ0n) is 17.7. The van der Waals surface area contributed by atoms with Crippen LogP contribution in [0.2, 0.25) is 5.02 Å². The Morgan fingerprint density at radius 1 is 1.00 bits per heavy atom. The molecule has 3 aromatic carbocycles. The number of carbonyl (C=O) groups is 1. The topological polar surface area (TPSA) is 37.3 Å². The molecule has 0 saturated heterocycles. The first-order chi connectivity index (χ1) is 15.9. The predicted molar refractivity (Wildman–Crippen MR) is 125 cm³/mol. The summed E-state index contributed by atoms with van der Waals surface area (Å²) in [5.74, 6) is -1.40. The maximum atomic E-state index is 14.2.